The fourth-order valence-electron chi connectivity index (χ4n) is 2.45. The molecule has 0 radical (unpaired) electrons. The molecule has 0 fully saturated rings. The molecule has 0 unspecified atom stereocenters. The highest BCUT2D eigenvalue weighted by Gasteiger charge is 2.36. The number of carbonyl (C=O) groups is 2. The van der Waals surface area contributed by atoms with Gasteiger partial charge >= 0.3 is 6.09 Å². The highest BCUT2D eigenvalue weighted by Crippen LogP contribution is 2.38. The lowest BCUT2D eigenvalue weighted by Gasteiger charge is -2.09. The van der Waals surface area contributed by atoms with Crippen LogP contribution in [-0.4, -0.2) is 17.1 Å². The summed E-state index contributed by atoms with van der Waals surface area (Å²) in [5, 5.41) is 18.8. The molecule has 1 N–H and O–H groups in total. The van der Waals surface area contributed by atoms with Crippen LogP contribution in [-0.2, 0) is 4.79 Å². The monoisotopic (exact) mass is 324 g/mol. The zero-order valence-corrected chi connectivity index (χ0v) is 12.4. The lowest BCUT2D eigenvalue weighted by Crippen LogP contribution is -2.31. The summed E-state index contributed by atoms with van der Waals surface area (Å²) in [5.41, 5.74) is 1.87. The number of hydrogen-bond donors (Lipinski definition) is 1. The average Bonchev–Trinajstić information content (AvgIpc) is 2.79. The first-order valence-electron chi connectivity index (χ1n) is 6.60. The van der Waals surface area contributed by atoms with Crippen LogP contribution in [0.5, 0.6) is 0 Å². The first-order chi connectivity index (χ1) is 11.0. The zero-order chi connectivity index (χ0) is 16.6. The molecule has 23 heavy (non-hydrogen) atoms. The van der Waals surface area contributed by atoms with Crippen LogP contribution >= 0.6 is 11.6 Å². The van der Waals surface area contributed by atoms with Gasteiger partial charge in [-0.3, -0.25) is 4.79 Å². The molecule has 5 nitrogen and oxygen atoms in total. The zero-order valence-electron chi connectivity index (χ0n) is 11.7. The van der Waals surface area contributed by atoms with E-state index >= 15 is 0 Å². The van der Waals surface area contributed by atoms with Crippen LogP contribution in [0.3, 0.4) is 0 Å². The summed E-state index contributed by atoms with van der Waals surface area (Å²) in [4.78, 5) is 24.5. The molecule has 1 heterocycles. The number of imide groups is 1. The van der Waals surface area contributed by atoms with Gasteiger partial charge in [0.1, 0.15) is 0 Å². The van der Waals surface area contributed by atoms with Crippen LogP contribution < -0.4 is 4.90 Å². The van der Waals surface area contributed by atoms with Gasteiger partial charge < -0.3 is 5.11 Å². The normalized spacial score (nSPS) is 14.7. The van der Waals surface area contributed by atoms with Crippen molar-refractivity contribution in [3.8, 4) is 6.07 Å². The topological polar surface area (TPSA) is 81.4 Å². The highest BCUT2D eigenvalue weighted by atomic mass is 35.5. The van der Waals surface area contributed by atoms with Crippen molar-refractivity contribution in [3.05, 3.63) is 64.2 Å². The molecule has 0 spiro atoms. The lowest BCUT2D eigenvalue weighted by atomic mass is 10.0. The van der Waals surface area contributed by atoms with Crippen molar-refractivity contribution in [3.63, 3.8) is 0 Å². The number of carbonyl (C=O) groups excluding carboxylic acids is 1. The minimum absolute atomic E-state index is 0.190. The summed E-state index contributed by atoms with van der Waals surface area (Å²) in [5.74, 6) is -0.650. The molecule has 0 aliphatic carbocycles. The second-order valence-electron chi connectivity index (χ2n) is 4.88. The Balaban J connectivity index is 2.19. The van der Waals surface area contributed by atoms with Crippen LogP contribution in [0.4, 0.5) is 10.5 Å². The summed E-state index contributed by atoms with van der Waals surface area (Å²) >= 11 is 5.93. The number of amides is 2. The molecule has 0 bridgehead atoms. The number of halogens is 1. The van der Waals surface area contributed by atoms with Gasteiger partial charge in [0, 0.05) is 10.6 Å². The fourth-order valence-corrected chi connectivity index (χ4v) is 2.65. The largest absolute Gasteiger partial charge is 0.464 e. The Morgan fingerprint density at radius 1 is 1.26 bits per heavy atom. The van der Waals surface area contributed by atoms with E-state index in [1.54, 1.807) is 42.5 Å². The lowest BCUT2D eigenvalue weighted by molar-refractivity contribution is -0.112. The van der Waals surface area contributed by atoms with Crippen LogP contribution in [0.15, 0.2) is 42.5 Å². The first kappa shape index (κ1) is 14.8. The van der Waals surface area contributed by atoms with E-state index in [2.05, 4.69) is 0 Å². The van der Waals surface area contributed by atoms with E-state index in [0.717, 1.165) is 0 Å². The van der Waals surface area contributed by atoms with Crippen molar-refractivity contribution in [1.29, 1.82) is 5.26 Å². The Morgan fingerprint density at radius 2 is 2.04 bits per heavy atom. The second kappa shape index (κ2) is 5.59. The Morgan fingerprint density at radius 3 is 2.70 bits per heavy atom. The summed E-state index contributed by atoms with van der Waals surface area (Å²) in [6.07, 6.45) is 0.197. The minimum atomic E-state index is -1.39. The molecule has 1 aliphatic heterocycles. The van der Waals surface area contributed by atoms with Crippen molar-refractivity contribution >= 4 is 40.9 Å². The molecule has 2 amide bonds. The third-order valence-electron chi connectivity index (χ3n) is 3.44. The minimum Gasteiger partial charge on any atom is -0.464 e. The van der Waals surface area contributed by atoms with Gasteiger partial charge in [0.2, 0.25) is 0 Å². The van der Waals surface area contributed by atoms with E-state index in [1.165, 1.54) is 6.07 Å². The Bertz CT molecular complexity index is 912. The molecule has 0 atom stereocenters. The van der Waals surface area contributed by atoms with Gasteiger partial charge in [0.25, 0.3) is 5.91 Å². The maximum Gasteiger partial charge on any atom is 0.419 e. The summed E-state index contributed by atoms with van der Waals surface area (Å²) in [6.45, 7) is 0. The van der Waals surface area contributed by atoms with Crippen molar-refractivity contribution in [2.45, 2.75) is 0 Å². The van der Waals surface area contributed by atoms with E-state index < -0.39 is 12.0 Å². The predicted octanol–water partition coefficient (Wildman–Crippen LogP) is 3.78. The van der Waals surface area contributed by atoms with Crippen LogP contribution in [0, 0.1) is 11.3 Å². The number of rotatable bonds is 1. The first-order valence-corrected chi connectivity index (χ1v) is 6.98. The van der Waals surface area contributed by atoms with E-state index in [-0.39, 0.29) is 16.8 Å². The van der Waals surface area contributed by atoms with Crippen LogP contribution in [0.1, 0.15) is 16.7 Å². The van der Waals surface area contributed by atoms with Crippen molar-refractivity contribution in [2.75, 3.05) is 4.90 Å². The molecule has 0 aromatic heterocycles. The second-order valence-corrected chi connectivity index (χ2v) is 5.32. The number of anilines is 1. The third kappa shape index (κ3) is 2.56. The predicted molar refractivity (Wildman–Crippen MR) is 86.0 cm³/mol. The fraction of sp³-hybridized carbons (Fsp3) is 0. The van der Waals surface area contributed by atoms with Gasteiger partial charge in [0.15, 0.2) is 0 Å². The van der Waals surface area contributed by atoms with Crippen molar-refractivity contribution in [1.82, 2.24) is 0 Å². The molecule has 3 rings (SSSR count). The Labute approximate surface area is 136 Å². The van der Waals surface area contributed by atoms with Gasteiger partial charge in [-0.05, 0) is 35.9 Å². The molecular weight excluding hydrogens is 316 g/mol. The molecule has 2 aromatic rings. The molecular formula is C17H9ClN2O3. The van der Waals surface area contributed by atoms with Crippen molar-refractivity contribution < 1.29 is 14.7 Å². The molecule has 0 saturated carbocycles. The summed E-state index contributed by atoms with van der Waals surface area (Å²) in [6, 6.07) is 13.3. The van der Waals surface area contributed by atoms with E-state index in [1.807, 2.05) is 6.07 Å². The van der Waals surface area contributed by atoms with Crippen LogP contribution in [0.2, 0.25) is 5.02 Å². The SMILES string of the molecule is N#Cc1ccc2c(c1)N(C(=O)O)C(=O)/C2=C\c1cccc(Cl)c1. The molecule has 0 saturated heterocycles. The number of carboxylic acid groups (broad SMARTS) is 1. The Kier molecular flexibility index (Phi) is 3.61. The van der Waals surface area contributed by atoms with Gasteiger partial charge in [-0.25, -0.2) is 9.69 Å². The van der Waals surface area contributed by atoms with Gasteiger partial charge in [-0.2, -0.15) is 5.26 Å². The molecule has 1 aliphatic rings. The van der Waals surface area contributed by atoms with Gasteiger partial charge in [-0.15, -0.1) is 0 Å². The van der Waals surface area contributed by atoms with Gasteiger partial charge in [-0.1, -0.05) is 29.8 Å². The standard InChI is InChI=1S/C17H9ClN2O3/c18-12-3-1-2-10(6-12)7-14-13-5-4-11(9-19)8-15(13)20(16(14)21)17(22)23/h1-8H,(H,22,23)/b14-7-. The number of nitrogens with zero attached hydrogens (tertiary/aromatic N) is 2. The van der Waals surface area contributed by atoms with E-state index in [9.17, 15) is 14.7 Å². The Hall–Kier alpha value is -3.10. The third-order valence-corrected chi connectivity index (χ3v) is 3.68. The molecule has 6 heteroatoms. The van der Waals surface area contributed by atoms with E-state index in [4.69, 9.17) is 16.9 Å². The maximum atomic E-state index is 12.5. The van der Waals surface area contributed by atoms with E-state index in [0.29, 0.717) is 21.0 Å². The maximum absolute atomic E-state index is 12.5. The average molecular weight is 325 g/mol. The number of benzene rings is 2. The number of fused-ring (bicyclic) bond motifs is 1. The highest BCUT2D eigenvalue weighted by molar-refractivity contribution is 6.41. The quantitative estimate of drug-likeness (QED) is 0.809. The van der Waals surface area contributed by atoms with Crippen molar-refractivity contribution in [2.24, 2.45) is 0 Å². The van der Waals surface area contributed by atoms with Crippen LogP contribution in [0.25, 0.3) is 11.6 Å². The smallest absolute Gasteiger partial charge is 0.419 e. The van der Waals surface area contributed by atoms with Gasteiger partial charge in [0.05, 0.1) is 22.9 Å². The number of nitriles is 1. The summed E-state index contributed by atoms with van der Waals surface area (Å²) < 4.78 is 0. The summed E-state index contributed by atoms with van der Waals surface area (Å²) in [7, 11) is 0. The number of hydrogen-bond acceptors (Lipinski definition) is 3. The molecule has 2 aromatic carbocycles. The molecule has 112 valence electrons.